The van der Waals surface area contributed by atoms with Gasteiger partial charge in [0.25, 0.3) is 20.1 Å². The third-order valence-corrected chi connectivity index (χ3v) is 14.4. The topological polar surface area (TPSA) is 55.0 Å². The number of anilines is 6. The fourth-order valence-electron chi connectivity index (χ4n) is 11.2. The zero-order valence-corrected chi connectivity index (χ0v) is 36.4. The van der Waals surface area contributed by atoms with E-state index in [4.69, 9.17) is 14.2 Å². The zero-order chi connectivity index (χ0) is 42.2. The third-order valence-electron chi connectivity index (χ3n) is 13.7. The van der Waals surface area contributed by atoms with Gasteiger partial charge in [0.2, 0.25) is 0 Å². The molecule has 0 unspecified atom stereocenters. The van der Waals surface area contributed by atoms with Gasteiger partial charge in [-0.15, -0.1) is 0 Å². The van der Waals surface area contributed by atoms with Gasteiger partial charge in [0, 0.05) is 40.8 Å². The van der Waals surface area contributed by atoms with Crippen molar-refractivity contribution >= 4 is 115 Å². The van der Waals surface area contributed by atoms with Crippen molar-refractivity contribution in [1.29, 1.82) is 0 Å². The van der Waals surface area contributed by atoms with Crippen molar-refractivity contribution in [3.63, 3.8) is 0 Å². The van der Waals surface area contributed by atoms with E-state index < -0.39 is 0 Å². The summed E-state index contributed by atoms with van der Waals surface area (Å²) < 4.78 is 22.9. The van der Waals surface area contributed by atoms with E-state index in [1.807, 2.05) is 6.07 Å². The Hall–Kier alpha value is -6.90. The van der Waals surface area contributed by atoms with Crippen LogP contribution in [0.15, 0.2) is 140 Å². The van der Waals surface area contributed by atoms with Crippen LogP contribution in [0, 0.1) is 27.7 Å². The maximum atomic E-state index is 7.17. The van der Waals surface area contributed by atoms with Gasteiger partial charge in [-0.2, -0.15) is 0 Å². The van der Waals surface area contributed by atoms with E-state index >= 15 is 0 Å². The molecule has 2 N–H and O–H groups in total. The predicted molar refractivity (Wildman–Crippen MR) is 267 cm³/mol. The Labute approximate surface area is 373 Å². The number of nitrogens with one attached hydrogen (secondary N) is 2. The molecular weight excluding hydrogens is 791 g/mol. The van der Waals surface area contributed by atoms with Gasteiger partial charge in [-0.25, -0.2) is 0 Å². The van der Waals surface area contributed by atoms with Crippen LogP contribution in [-0.2, 0) is 0 Å². The zero-order valence-electron chi connectivity index (χ0n) is 35.6. The van der Waals surface area contributed by atoms with Crippen LogP contribution < -0.4 is 78.3 Å². The second-order valence-electron chi connectivity index (χ2n) is 17.6. The van der Waals surface area contributed by atoms with Gasteiger partial charge in [-0.05, 0) is 155 Å². The van der Waals surface area contributed by atoms with Crippen molar-refractivity contribution < 1.29 is 14.2 Å². The Morgan fingerprint density at radius 1 is 0.444 bits per heavy atom. The fourth-order valence-corrected chi connectivity index (χ4v) is 11.9. The molecule has 0 amide bonds. The van der Waals surface area contributed by atoms with Crippen LogP contribution >= 0.6 is 11.9 Å². The third kappa shape index (κ3) is 5.43. The van der Waals surface area contributed by atoms with Crippen LogP contribution in [0.1, 0.15) is 22.3 Å². The summed E-state index contributed by atoms with van der Waals surface area (Å²) in [6.45, 7) is 8.61. The summed E-state index contributed by atoms with van der Waals surface area (Å²) in [5.41, 5.74) is 22.1. The first-order chi connectivity index (χ1) is 30.8. The average molecular weight is 831 g/mol. The number of para-hydroxylation sites is 3. The first kappa shape index (κ1) is 36.7. The minimum Gasteiger partial charge on any atom is -0.458 e. The average Bonchev–Trinajstić information content (AvgIpc) is 3.27. The molecule has 0 saturated carbocycles. The largest absolute Gasteiger partial charge is 0.458 e. The molecular formula is C53H40B3N3O3S. The summed E-state index contributed by atoms with van der Waals surface area (Å²) in [4.78, 5) is 0. The molecule has 0 fully saturated rings. The van der Waals surface area contributed by atoms with Crippen LogP contribution in [0.4, 0.5) is 34.1 Å². The summed E-state index contributed by atoms with van der Waals surface area (Å²) in [6, 6.07) is 50.5. The smallest absolute Gasteiger partial charge is 0.256 e. The van der Waals surface area contributed by atoms with Crippen molar-refractivity contribution in [2.24, 2.45) is 0 Å². The molecule has 0 bridgehead atoms. The highest BCUT2D eigenvalue weighted by Gasteiger charge is 2.46. The van der Waals surface area contributed by atoms with Crippen LogP contribution in [0.25, 0.3) is 0 Å². The summed E-state index contributed by atoms with van der Waals surface area (Å²) in [5.74, 6) is 5.41. The highest BCUT2D eigenvalue weighted by atomic mass is 32.2. The minimum atomic E-state index is -0.116. The van der Waals surface area contributed by atoms with Gasteiger partial charge < -0.3 is 24.8 Å². The van der Waals surface area contributed by atoms with Crippen LogP contribution in [0.5, 0.6) is 34.5 Å². The number of ether oxygens (including phenoxy) is 3. The molecule has 5 aliphatic rings. The standard InChI is InChI=1S/C53H40B3N3O3S/c1-29-19-32(4)51-48(21-29)60-45-17-11-9-15-35(45)54(51)37-26-40-47(23-31(37)3)62-50-25-34(57-33-13-7-6-8-14-33)24-44-53(50)56(40)39-27-38-41(28-43(39)59(44)63-5)58-42-20-30(2)22-49-52(42)55(38)36-16-10-12-18-46(36)61-49/h6-28,57-58H,1-5H3. The Kier molecular flexibility index (Phi) is 7.90. The Morgan fingerprint density at radius 2 is 1.06 bits per heavy atom. The van der Waals surface area contributed by atoms with Gasteiger partial charge in [-0.3, -0.25) is 4.31 Å². The van der Waals surface area contributed by atoms with E-state index in [1.54, 1.807) is 11.9 Å². The first-order valence-electron chi connectivity index (χ1n) is 21.7. The van der Waals surface area contributed by atoms with Crippen molar-refractivity contribution in [1.82, 2.24) is 0 Å². The van der Waals surface area contributed by atoms with E-state index in [-0.39, 0.29) is 20.1 Å². The number of rotatable bonds is 4. The normalized spacial score (nSPS) is 13.9. The number of hydrogen-bond donors (Lipinski definition) is 2. The lowest BCUT2D eigenvalue weighted by Gasteiger charge is -2.41. The number of fused-ring (bicyclic) bond motifs is 10. The molecule has 63 heavy (non-hydrogen) atoms. The number of aryl methyl sites for hydroxylation is 4. The van der Waals surface area contributed by atoms with Gasteiger partial charge in [0.1, 0.15) is 34.5 Å². The maximum absolute atomic E-state index is 7.17. The van der Waals surface area contributed by atoms with Crippen LogP contribution in [-0.4, -0.2) is 26.4 Å². The van der Waals surface area contributed by atoms with Gasteiger partial charge >= 0.3 is 0 Å². The summed E-state index contributed by atoms with van der Waals surface area (Å²) in [6.07, 6.45) is 2.17. The Bertz CT molecular complexity index is 3310. The van der Waals surface area contributed by atoms with E-state index in [0.29, 0.717) is 0 Å². The lowest BCUT2D eigenvalue weighted by atomic mass is 9.30. The second kappa shape index (κ2) is 13.6. The monoisotopic (exact) mass is 831 g/mol. The Morgan fingerprint density at radius 3 is 1.81 bits per heavy atom. The number of nitrogens with zero attached hydrogens (tertiary/aromatic N) is 1. The molecule has 5 aliphatic heterocycles. The van der Waals surface area contributed by atoms with E-state index in [1.165, 1.54) is 65.9 Å². The molecule has 0 saturated heterocycles. The first-order valence-corrected chi connectivity index (χ1v) is 22.9. The van der Waals surface area contributed by atoms with Crippen molar-refractivity contribution in [3.8, 4) is 34.5 Å². The SMILES string of the molecule is CSN1c2cc3c(cc2B2c4cc(B5c6ccccc6Oc6cc(C)cc(C)c65)c(C)cc4Oc4cc(Nc5ccccc5)cc1c42)B1c2ccccc2Oc2cc(C)cc(c21)N3. The Balaban J connectivity index is 1.07. The van der Waals surface area contributed by atoms with Crippen molar-refractivity contribution in [3.05, 3.63) is 162 Å². The number of hydrogen-bond acceptors (Lipinski definition) is 7. The molecule has 10 heteroatoms. The molecule has 5 heterocycles. The van der Waals surface area contributed by atoms with Gasteiger partial charge in [0.15, 0.2) is 0 Å². The lowest BCUT2D eigenvalue weighted by Crippen LogP contribution is -2.64. The molecule has 6 nitrogen and oxygen atoms in total. The summed E-state index contributed by atoms with van der Waals surface area (Å²) in [7, 11) is 0. The molecule has 0 aliphatic carbocycles. The fraction of sp³-hybridized carbons (Fsp3) is 0.0943. The molecule has 300 valence electrons. The quantitative estimate of drug-likeness (QED) is 0.143. The van der Waals surface area contributed by atoms with Gasteiger partial charge in [-0.1, -0.05) is 89.4 Å². The lowest BCUT2D eigenvalue weighted by molar-refractivity contribution is 0.486. The van der Waals surface area contributed by atoms with Crippen molar-refractivity contribution in [2.45, 2.75) is 27.7 Å². The number of benzene rings is 8. The van der Waals surface area contributed by atoms with Crippen molar-refractivity contribution in [2.75, 3.05) is 21.2 Å². The predicted octanol–water partition coefficient (Wildman–Crippen LogP) is 7.32. The molecule has 0 aromatic heterocycles. The van der Waals surface area contributed by atoms with E-state index in [9.17, 15) is 0 Å². The molecule has 0 spiro atoms. The molecule has 0 radical (unpaired) electrons. The maximum Gasteiger partial charge on any atom is 0.256 e. The van der Waals surface area contributed by atoms with Gasteiger partial charge in [0.05, 0.1) is 5.69 Å². The van der Waals surface area contributed by atoms with Crippen LogP contribution in [0.2, 0.25) is 0 Å². The highest BCUT2D eigenvalue weighted by Crippen LogP contribution is 2.43. The molecule has 13 rings (SSSR count). The highest BCUT2D eigenvalue weighted by molar-refractivity contribution is 8.00. The second-order valence-corrected chi connectivity index (χ2v) is 18.4. The molecule has 8 aromatic rings. The minimum absolute atomic E-state index is 0.00212. The van der Waals surface area contributed by atoms with Crippen LogP contribution in [0.3, 0.4) is 0 Å². The molecule has 8 aromatic carbocycles. The summed E-state index contributed by atoms with van der Waals surface area (Å²) in [5, 5.41) is 7.61. The molecule has 0 atom stereocenters. The summed E-state index contributed by atoms with van der Waals surface area (Å²) >= 11 is 1.72. The van der Waals surface area contributed by atoms with E-state index in [2.05, 4.69) is 182 Å². The van der Waals surface area contributed by atoms with E-state index in [0.717, 1.165) is 74.2 Å².